The number of carbonyl (C=O) groups is 2. The lowest BCUT2D eigenvalue weighted by atomic mass is 10.1. The van der Waals surface area contributed by atoms with Crippen LogP contribution in [-0.2, 0) is 15.3 Å². The lowest BCUT2D eigenvalue weighted by molar-refractivity contribution is -0.133. The van der Waals surface area contributed by atoms with Gasteiger partial charge in [-0.2, -0.15) is 0 Å². The summed E-state index contributed by atoms with van der Waals surface area (Å²) >= 11 is 1.56. The minimum atomic E-state index is -0.478. The third kappa shape index (κ3) is 5.79. The molecule has 5 heteroatoms. The number of hydrogen-bond donors (Lipinski definition) is 1. The van der Waals surface area contributed by atoms with Crippen LogP contribution in [0.1, 0.15) is 23.6 Å². The fourth-order valence-corrected chi connectivity index (χ4v) is 2.84. The first-order valence-electron chi connectivity index (χ1n) is 6.95. The fraction of sp³-hybridized carbons (Fsp3) is 0.500. The van der Waals surface area contributed by atoms with Crippen LogP contribution in [0.15, 0.2) is 18.2 Å². The Morgan fingerprint density at radius 2 is 1.95 bits per heavy atom. The zero-order valence-corrected chi connectivity index (χ0v) is 14.2. The second-order valence-corrected chi connectivity index (χ2v) is 6.43. The number of rotatable bonds is 6. The van der Waals surface area contributed by atoms with Crippen LogP contribution < -0.4 is 5.32 Å². The summed E-state index contributed by atoms with van der Waals surface area (Å²) in [4.78, 5) is 25.0. The molecule has 1 rings (SSSR count). The Morgan fingerprint density at radius 3 is 2.57 bits per heavy atom. The van der Waals surface area contributed by atoms with Gasteiger partial charge in [-0.15, -0.1) is 11.8 Å². The van der Waals surface area contributed by atoms with E-state index in [1.165, 1.54) is 21.6 Å². The van der Waals surface area contributed by atoms with Crippen molar-refractivity contribution in [2.24, 2.45) is 0 Å². The predicted octanol–water partition coefficient (Wildman–Crippen LogP) is 2.13. The Labute approximate surface area is 131 Å². The summed E-state index contributed by atoms with van der Waals surface area (Å²) in [6.45, 7) is 5.84. The Balaban J connectivity index is 2.40. The lowest BCUT2D eigenvalue weighted by Gasteiger charge is -2.17. The zero-order valence-electron chi connectivity index (χ0n) is 13.4. The normalized spacial score (nSPS) is 11.9. The van der Waals surface area contributed by atoms with E-state index in [4.69, 9.17) is 0 Å². The first-order valence-corrected chi connectivity index (χ1v) is 8.11. The number of thioether (sulfide) groups is 1. The van der Waals surface area contributed by atoms with Crippen molar-refractivity contribution in [2.45, 2.75) is 32.6 Å². The van der Waals surface area contributed by atoms with E-state index in [1.54, 1.807) is 32.8 Å². The summed E-state index contributed by atoms with van der Waals surface area (Å²) in [7, 11) is 3.36. The highest BCUT2D eigenvalue weighted by molar-refractivity contribution is 7.99. The topological polar surface area (TPSA) is 49.4 Å². The van der Waals surface area contributed by atoms with Crippen molar-refractivity contribution in [2.75, 3.05) is 19.8 Å². The average Bonchev–Trinajstić information content (AvgIpc) is 2.41. The Morgan fingerprint density at radius 1 is 1.29 bits per heavy atom. The van der Waals surface area contributed by atoms with E-state index in [-0.39, 0.29) is 11.8 Å². The number of amides is 2. The van der Waals surface area contributed by atoms with Gasteiger partial charge in [-0.25, -0.2) is 0 Å². The van der Waals surface area contributed by atoms with E-state index in [0.29, 0.717) is 5.75 Å². The standard InChI is InChI=1S/C16H24N2O2S/c1-11-6-7-12(2)14(8-11)9-21-10-15(19)17-13(3)16(20)18(4)5/h6-8,13H,9-10H2,1-5H3,(H,17,19)/t13-/m0/s1. The molecule has 1 aromatic rings. The molecule has 0 aliphatic heterocycles. The van der Waals surface area contributed by atoms with Crippen LogP contribution in [0.2, 0.25) is 0 Å². The molecule has 0 spiro atoms. The van der Waals surface area contributed by atoms with E-state index >= 15 is 0 Å². The second-order valence-electron chi connectivity index (χ2n) is 5.44. The molecule has 0 aromatic heterocycles. The highest BCUT2D eigenvalue weighted by Crippen LogP contribution is 2.17. The third-order valence-electron chi connectivity index (χ3n) is 3.18. The highest BCUT2D eigenvalue weighted by Gasteiger charge is 2.16. The highest BCUT2D eigenvalue weighted by atomic mass is 32.2. The molecule has 0 heterocycles. The van der Waals surface area contributed by atoms with Crippen molar-refractivity contribution < 1.29 is 9.59 Å². The molecule has 0 aliphatic carbocycles. The minimum Gasteiger partial charge on any atom is -0.347 e. The molecule has 0 radical (unpaired) electrons. The Hall–Kier alpha value is -1.49. The van der Waals surface area contributed by atoms with Gasteiger partial charge in [-0.1, -0.05) is 23.8 Å². The molecule has 4 nitrogen and oxygen atoms in total. The fourth-order valence-electron chi connectivity index (χ4n) is 1.94. The molecular weight excluding hydrogens is 284 g/mol. The van der Waals surface area contributed by atoms with E-state index in [0.717, 1.165) is 5.75 Å². The number of likely N-dealkylation sites (N-methyl/N-ethyl adjacent to an activating group) is 1. The van der Waals surface area contributed by atoms with Crippen LogP contribution in [0.25, 0.3) is 0 Å². The van der Waals surface area contributed by atoms with Gasteiger partial charge in [0.25, 0.3) is 0 Å². The first kappa shape index (κ1) is 17.6. The largest absolute Gasteiger partial charge is 0.347 e. The van der Waals surface area contributed by atoms with Crippen LogP contribution in [0.4, 0.5) is 0 Å². The van der Waals surface area contributed by atoms with E-state index in [2.05, 4.69) is 37.4 Å². The molecule has 1 atom stereocenters. The summed E-state index contributed by atoms with van der Waals surface area (Å²) in [5.74, 6) is 0.964. The number of nitrogens with zero attached hydrogens (tertiary/aromatic N) is 1. The maximum Gasteiger partial charge on any atom is 0.244 e. The third-order valence-corrected chi connectivity index (χ3v) is 4.17. The van der Waals surface area contributed by atoms with Crippen LogP contribution >= 0.6 is 11.8 Å². The molecule has 0 unspecified atom stereocenters. The second kappa shape index (κ2) is 8.08. The smallest absolute Gasteiger partial charge is 0.244 e. The monoisotopic (exact) mass is 308 g/mol. The van der Waals surface area contributed by atoms with Crippen molar-refractivity contribution in [3.63, 3.8) is 0 Å². The number of hydrogen-bond acceptors (Lipinski definition) is 3. The molecule has 0 saturated heterocycles. The Kier molecular flexibility index (Phi) is 6.75. The molecule has 1 aromatic carbocycles. The summed E-state index contributed by atoms with van der Waals surface area (Å²) in [6, 6.07) is 5.86. The molecule has 0 fully saturated rings. The average molecular weight is 308 g/mol. The van der Waals surface area contributed by atoms with Gasteiger partial charge in [0.1, 0.15) is 6.04 Å². The van der Waals surface area contributed by atoms with Gasteiger partial charge in [0.2, 0.25) is 11.8 Å². The molecule has 1 N–H and O–H groups in total. The molecular formula is C16H24N2O2S. The van der Waals surface area contributed by atoms with Gasteiger partial charge in [-0.3, -0.25) is 9.59 Å². The maximum absolute atomic E-state index is 11.8. The number of aryl methyl sites for hydroxylation is 2. The van der Waals surface area contributed by atoms with Crippen molar-refractivity contribution in [3.05, 3.63) is 34.9 Å². The van der Waals surface area contributed by atoms with E-state index < -0.39 is 6.04 Å². The molecule has 2 amide bonds. The van der Waals surface area contributed by atoms with Crippen molar-refractivity contribution >= 4 is 23.6 Å². The summed E-state index contributed by atoms with van der Waals surface area (Å²) in [5, 5.41) is 2.72. The molecule has 0 aliphatic rings. The van der Waals surface area contributed by atoms with Crippen molar-refractivity contribution in [3.8, 4) is 0 Å². The van der Waals surface area contributed by atoms with E-state index in [9.17, 15) is 9.59 Å². The van der Waals surface area contributed by atoms with Gasteiger partial charge < -0.3 is 10.2 Å². The van der Waals surface area contributed by atoms with Crippen LogP contribution in [0.3, 0.4) is 0 Å². The van der Waals surface area contributed by atoms with Gasteiger partial charge in [0, 0.05) is 19.8 Å². The first-order chi connectivity index (χ1) is 9.81. The quantitative estimate of drug-likeness (QED) is 0.876. The van der Waals surface area contributed by atoms with Crippen LogP contribution in [-0.4, -0.2) is 42.6 Å². The molecule has 116 valence electrons. The lowest BCUT2D eigenvalue weighted by Crippen LogP contribution is -2.44. The maximum atomic E-state index is 11.8. The van der Waals surface area contributed by atoms with Gasteiger partial charge in [-0.05, 0) is 31.9 Å². The number of benzene rings is 1. The van der Waals surface area contributed by atoms with Crippen LogP contribution in [0, 0.1) is 13.8 Å². The number of nitrogens with one attached hydrogen (secondary N) is 1. The molecule has 21 heavy (non-hydrogen) atoms. The summed E-state index contributed by atoms with van der Waals surface area (Å²) in [6.07, 6.45) is 0. The SMILES string of the molecule is Cc1ccc(C)c(CSCC(=O)N[C@@H](C)C(=O)N(C)C)c1. The minimum absolute atomic E-state index is 0.0946. The molecule has 0 bridgehead atoms. The zero-order chi connectivity index (χ0) is 16.0. The predicted molar refractivity (Wildman–Crippen MR) is 88.4 cm³/mol. The Bertz CT molecular complexity index is 515. The summed E-state index contributed by atoms with van der Waals surface area (Å²) in [5.41, 5.74) is 3.72. The summed E-state index contributed by atoms with van der Waals surface area (Å²) < 4.78 is 0. The molecule has 0 saturated carbocycles. The van der Waals surface area contributed by atoms with E-state index in [1.807, 2.05) is 0 Å². The van der Waals surface area contributed by atoms with Crippen molar-refractivity contribution in [1.29, 1.82) is 0 Å². The van der Waals surface area contributed by atoms with Gasteiger partial charge in [0.15, 0.2) is 0 Å². The van der Waals surface area contributed by atoms with Gasteiger partial charge in [0.05, 0.1) is 5.75 Å². The van der Waals surface area contributed by atoms with Crippen molar-refractivity contribution in [1.82, 2.24) is 10.2 Å². The van der Waals surface area contributed by atoms with Gasteiger partial charge >= 0.3 is 0 Å². The van der Waals surface area contributed by atoms with Crippen LogP contribution in [0.5, 0.6) is 0 Å². The number of carbonyl (C=O) groups excluding carboxylic acids is 2.